The summed E-state index contributed by atoms with van der Waals surface area (Å²) in [6, 6.07) is 4.35. The van der Waals surface area contributed by atoms with Crippen LogP contribution in [-0.4, -0.2) is 17.0 Å². The van der Waals surface area contributed by atoms with Gasteiger partial charge in [0.15, 0.2) is 0 Å². The second kappa shape index (κ2) is 5.16. The summed E-state index contributed by atoms with van der Waals surface area (Å²) in [5, 5.41) is 11.3. The number of aliphatic carboxylic acids is 1. The molecule has 0 aliphatic heterocycles. The molecule has 1 rings (SSSR count). The average molecular weight is 253 g/mol. The zero-order valence-electron chi connectivity index (χ0n) is 10.6. The van der Waals surface area contributed by atoms with Crippen LogP contribution in [0.5, 0.6) is 0 Å². The number of benzene rings is 1. The van der Waals surface area contributed by atoms with E-state index >= 15 is 0 Å². The summed E-state index contributed by atoms with van der Waals surface area (Å²) in [5.41, 5.74) is -0.296. The van der Waals surface area contributed by atoms with Crippen molar-refractivity contribution in [3.05, 3.63) is 29.6 Å². The normalized spacial score (nSPS) is 11.1. The van der Waals surface area contributed by atoms with E-state index in [0.29, 0.717) is 0 Å². The smallest absolute Gasteiger partial charge is 0.309 e. The second-order valence-electron chi connectivity index (χ2n) is 4.90. The number of halogens is 1. The van der Waals surface area contributed by atoms with Crippen molar-refractivity contribution in [2.24, 2.45) is 5.41 Å². The molecule has 18 heavy (non-hydrogen) atoms. The Morgan fingerprint density at radius 1 is 1.39 bits per heavy atom. The predicted molar refractivity (Wildman–Crippen MR) is 65.8 cm³/mol. The first-order valence-corrected chi connectivity index (χ1v) is 5.52. The maximum atomic E-state index is 13.4. The molecule has 0 saturated carbocycles. The molecule has 0 aliphatic carbocycles. The lowest BCUT2D eigenvalue weighted by Gasteiger charge is -2.18. The van der Waals surface area contributed by atoms with Crippen molar-refractivity contribution in [1.29, 1.82) is 0 Å². The number of aryl methyl sites for hydroxylation is 1. The standard InChI is InChI=1S/C13H16FNO3/c1-8-4-5-9(14)10(6-8)15-11(16)7-13(2,3)12(17)18/h4-6H,7H2,1-3H3,(H,15,16)(H,17,18). The van der Waals surface area contributed by atoms with Crippen LogP contribution in [0.4, 0.5) is 10.1 Å². The molecule has 0 radical (unpaired) electrons. The van der Waals surface area contributed by atoms with Gasteiger partial charge in [-0.2, -0.15) is 0 Å². The van der Waals surface area contributed by atoms with E-state index in [9.17, 15) is 14.0 Å². The molecule has 0 spiro atoms. The van der Waals surface area contributed by atoms with E-state index in [0.717, 1.165) is 5.56 Å². The number of hydrogen-bond donors (Lipinski definition) is 2. The molecule has 0 aromatic heterocycles. The van der Waals surface area contributed by atoms with E-state index < -0.39 is 23.1 Å². The zero-order valence-corrected chi connectivity index (χ0v) is 10.6. The summed E-state index contributed by atoms with van der Waals surface area (Å²) in [4.78, 5) is 22.5. The highest BCUT2D eigenvalue weighted by Crippen LogP contribution is 2.22. The van der Waals surface area contributed by atoms with Gasteiger partial charge in [0.25, 0.3) is 0 Å². The topological polar surface area (TPSA) is 66.4 Å². The Hall–Kier alpha value is -1.91. The summed E-state index contributed by atoms with van der Waals surface area (Å²) in [6.07, 6.45) is -0.213. The molecule has 0 aliphatic rings. The van der Waals surface area contributed by atoms with E-state index in [-0.39, 0.29) is 12.1 Å². The number of nitrogens with one attached hydrogen (secondary N) is 1. The van der Waals surface area contributed by atoms with Crippen LogP contribution < -0.4 is 5.32 Å². The van der Waals surface area contributed by atoms with Gasteiger partial charge < -0.3 is 10.4 Å². The van der Waals surface area contributed by atoms with E-state index in [4.69, 9.17) is 5.11 Å². The summed E-state index contributed by atoms with van der Waals surface area (Å²) in [5.74, 6) is -2.13. The molecular formula is C13H16FNO3. The van der Waals surface area contributed by atoms with Crippen LogP contribution in [0.1, 0.15) is 25.8 Å². The quantitative estimate of drug-likeness (QED) is 0.866. The molecule has 98 valence electrons. The van der Waals surface area contributed by atoms with Crippen molar-refractivity contribution in [2.75, 3.05) is 5.32 Å². The minimum Gasteiger partial charge on any atom is -0.481 e. The Morgan fingerprint density at radius 3 is 2.56 bits per heavy atom. The third kappa shape index (κ3) is 3.55. The van der Waals surface area contributed by atoms with E-state index in [1.54, 1.807) is 13.0 Å². The molecule has 0 heterocycles. The Morgan fingerprint density at radius 2 is 2.00 bits per heavy atom. The number of carbonyl (C=O) groups excluding carboxylic acids is 1. The molecule has 1 amide bonds. The van der Waals surface area contributed by atoms with Gasteiger partial charge in [-0.05, 0) is 38.5 Å². The molecule has 5 heteroatoms. The summed E-state index contributed by atoms with van der Waals surface area (Å²) in [6.45, 7) is 4.67. The minimum atomic E-state index is -1.18. The molecular weight excluding hydrogens is 237 g/mol. The number of carboxylic acids is 1. The maximum absolute atomic E-state index is 13.4. The van der Waals surface area contributed by atoms with Crippen molar-refractivity contribution in [1.82, 2.24) is 0 Å². The summed E-state index contributed by atoms with van der Waals surface area (Å²) < 4.78 is 13.4. The monoisotopic (exact) mass is 253 g/mol. The van der Waals surface area contributed by atoms with Gasteiger partial charge >= 0.3 is 5.97 Å². The molecule has 1 aromatic carbocycles. The third-order valence-corrected chi connectivity index (χ3v) is 2.58. The molecule has 2 N–H and O–H groups in total. The van der Waals surface area contributed by atoms with Crippen LogP contribution in [0, 0.1) is 18.2 Å². The van der Waals surface area contributed by atoms with E-state index in [1.165, 1.54) is 26.0 Å². The fourth-order valence-corrected chi connectivity index (χ4v) is 1.41. The zero-order chi connectivity index (χ0) is 13.9. The molecule has 0 fully saturated rings. The van der Waals surface area contributed by atoms with Gasteiger partial charge in [0.2, 0.25) is 5.91 Å². The highest BCUT2D eigenvalue weighted by molar-refractivity contribution is 5.94. The van der Waals surface area contributed by atoms with Crippen molar-refractivity contribution >= 4 is 17.6 Å². The Kier molecular flexibility index (Phi) is 4.06. The van der Waals surface area contributed by atoms with Gasteiger partial charge in [-0.25, -0.2) is 4.39 Å². The molecule has 0 atom stereocenters. The van der Waals surface area contributed by atoms with Crippen LogP contribution in [-0.2, 0) is 9.59 Å². The minimum absolute atomic E-state index is 0.0705. The fourth-order valence-electron chi connectivity index (χ4n) is 1.41. The van der Waals surface area contributed by atoms with Gasteiger partial charge in [-0.1, -0.05) is 6.07 Å². The maximum Gasteiger partial charge on any atom is 0.309 e. The summed E-state index contributed by atoms with van der Waals surface area (Å²) in [7, 11) is 0. The third-order valence-electron chi connectivity index (χ3n) is 2.58. The molecule has 0 unspecified atom stereocenters. The van der Waals surface area contributed by atoms with Gasteiger partial charge in [-0.3, -0.25) is 9.59 Å². The first kappa shape index (κ1) is 14.2. The number of rotatable bonds is 4. The largest absolute Gasteiger partial charge is 0.481 e. The Labute approximate surface area is 105 Å². The second-order valence-corrected chi connectivity index (χ2v) is 4.90. The van der Waals surface area contributed by atoms with Gasteiger partial charge in [0.1, 0.15) is 5.82 Å². The van der Waals surface area contributed by atoms with Gasteiger partial charge in [0, 0.05) is 6.42 Å². The van der Waals surface area contributed by atoms with Crippen LogP contribution in [0.2, 0.25) is 0 Å². The van der Waals surface area contributed by atoms with Gasteiger partial charge in [-0.15, -0.1) is 0 Å². The lowest BCUT2D eigenvalue weighted by Crippen LogP contribution is -2.29. The van der Waals surface area contributed by atoms with Crippen molar-refractivity contribution < 1.29 is 19.1 Å². The number of anilines is 1. The molecule has 0 saturated heterocycles. The Balaban J connectivity index is 2.77. The lowest BCUT2D eigenvalue weighted by molar-refractivity contribution is -0.148. The van der Waals surface area contributed by atoms with Crippen molar-refractivity contribution in [2.45, 2.75) is 27.2 Å². The average Bonchev–Trinajstić information content (AvgIpc) is 2.22. The van der Waals surface area contributed by atoms with Gasteiger partial charge in [0.05, 0.1) is 11.1 Å². The number of carbonyl (C=O) groups is 2. The summed E-state index contributed by atoms with van der Waals surface area (Å²) >= 11 is 0. The van der Waals surface area contributed by atoms with Crippen LogP contribution in [0.15, 0.2) is 18.2 Å². The van der Waals surface area contributed by atoms with Crippen LogP contribution in [0.3, 0.4) is 0 Å². The van der Waals surface area contributed by atoms with E-state index in [1.807, 2.05) is 0 Å². The highest BCUT2D eigenvalue weighted by Gasteiger charge is 2.30. The number of carboxylic acid groups (broad SMARTS) is 1. The lowest BCUT2D eigenvalue weighted by atomic mass is 9.89. The first-order valence-electron chi connectivity index (χ1n) is 5.52. The number of hydrogen-bond acceptors (Lipinski definition) is 2. The first-order chi connectivity index (χ1) is 8.22. The molecule has 4 nitrogen and oxygen atoms in total. The van der Waals surface area contributed by atoms with Crippen LogP contribution >= 0.6 is 0 Å². The van der Waals surface area contributed by atoms with Crippen LogP contribution in [0.25, 0.3) is 0 Å². The van der Waals surface area contributed by atoms with Crippen molar-refractivity contribution in [3.8, 4) is 0 Å². The molecule has 0 bridgehead atoms. The molecule has 1 aromatic rings. The van der Waals surface area contributed by atoms with E-state index in [2.05, 4.69) is 5.32 Å². The number of amides is 1. The fraction of sp³-hybridized carbons (Fsp3) is 0.385. The SMILES string of the molecule is Cc1ccc(F)c(NC(=O)CC(C)(C)C(=O)O)c1. The van der Waals surface area contributed by atoms with Crippen molar-refractivity contribution in [3.63, 3.8) is 0 Å². The Bertz CT molecular complexity index is 483. The predicted octanol–water partition coefficient (Wildman–Crippen LogP) is 2.57. The highest BCUT2D eigenvalue weighted by atomic mass is 19.1.